The van der Waals surface area contributed by atoms with Gasteiger partial charge in [0.1, 0.15) is 22.1 Å². The van der Waals surface area contributed by atoms with E-state index in [0.29, 0.717) is 22.8 Å². The summed E-state index contributed by atoms with van der Waals surface area (Å²) in [6, 6.07) is 10.5. The highest BCUT2D eigenvalue weighted by atomic mass is 32.2. The predicted octanol–water partition coefficient (Wildman–Crippen LogP) is 3.31. The highest BCUT2D eigenvalue weighted by molar-refractivity contribution is 7.89. The summed E-state index contributed by atoms with van der Waals surface area (Å²) in [5.41, 5.74) is 1.54. The maximum Gasteiger partial charge on any atom is 0.244 e. The molecule has 1 N–H and O–H groups in total. The van der Waals surface area contributed by atoms with Crippen molar-refractivity contribution >= 4 is 10.0 Å². The molecule has 0 aliphatic rings. The third-order valence-electron chi connectivity index (χ3n) is 4.11. The summed E-state index contributed by atoms with van der Waals surface area (Å²) in [5, 5.41) is 0. The van der Waals surface area contributed by atoms with Crippen LogP contribution in [0.4, 0.5) is 0 Å². The molecule has 2 aromatic rings. The van der Waals surface area contributed by atoms with E-state index in [0.717, 1.165) is 5.56 Å². The van der Waals surface area contributed by atoms with Gasteiger partial charge in [-0.2, -0.15) is 0 Å². The lowest BCUT2D eigenvalue weighted by Crippen LogP contribution is -2.24. The van der Waals surface area contributed by atoms with Crippen LogP contribution in [0.2, 0.25) is 0 Å². The summed E-state index contributed by atoms with van der Waals surface area (Å²) in [6.07, 6.45) is 0. The molecule has 142 valence electrons. The minimum atomic E-state index is -3.79. The van der Waals surface area contributed by atoms with Crippen LogP contribution in [0, 0.1) is 0 Å². The van der Waals surface area contributed by atoms with Crippen molar-refractivity contribution in [3.8, 4) is 17.2 Å². The van der Waals surface area contributed by atoms with E-state index in [9.17, 15) is 8.42 Å². The van der Waals surface area contributed by atoms with Gasteiger partial charge < -0.3 is 14.2 Å². The lowest BCUT2D eigenvalue weighted by molar-refractivity contribution is 0.384. The monoisotopic (exact) mass is 379 g/mol. The topological polar surface area (TPSA) is 73.9 Å². The van der Waals surface area contributed by atoms with Crippen LogP contribution in [0.15, 0.2) is 41.3 Å². The molecule has 0 aliphatic carbocycles. The molecule has 0 fully saturated rings. The van der Waals surface area contributed by atoms with Crippen molar-refractivity contribution < 1.29 is 22.6 Å². The molecule has 0 heterocycles. The van der Waals surface area contributed by atoms with Gasteiger partial charge in [0.05, 0.1) is 26.9 Å². The van der Waals surface area contributed by atoms with Crippen LogP contribution in [0.5, 0.6) is 17.2 Å². The molecule has 2 rings (SSSR count). The van der Waals surface area contributed by atoms with Gasteiger partial charge in [-0.25, -0.2) is 13.1 Å². The second kappa shape index (κ2) is 8.42. The molecule has 0 aliphatic heterocycles. The second-order valence-corrected chi connectivity index (χ2v) is 7.77. The number of hydrogen-bond acceptors (Lipinski definition) is 5. The van der Waals surface area contributed by atoms with Crippen LogP contribution in [0.25, 0.3) is 0 Å². The van der Waals surface area contributed by atoms with Crippen LogP contribution < -0.4 is 18.9 Å². The highest BCUT2D eigenvalue weighted by Crippen LogP contribution is 2.30. The predicted molar refractivity (Wildman–Crippen MR) is 101 cm³/mol. The van der Waals surface area contributed by atoms with Gasteiger partial charge in [-0.3, -0.25) is 0 Å². The SMILES string of the molecule is COc1ccc(C(C)C)cc1S(=O)(=O)NCc1c(OC)cccc1OC. The first-order chi connectivity index (χ1) is 12.3. The largest absolute Gasteiger partial charge is 0.496 e. The van der Waals surface area contributed by atoms with Gasteiger partial charge in [0.15, 0.2) is 0 Å². The van der Waals surface area contributed by atoms with Gasteiger partial charge in [-0.05, 0) is 35.7 Å². The standard InChI is InChI=1S/C19H25NO5S/c1-13(2)14-9-10-18(25-5)19(11-14)26(21,22)20-12-15-16(23-3)7-6-8-17(15)24-4/h6-11,13,20H,12H2,1-5H3. The van der Waals surface area contributed by atoms with Gasteiger partial charge in [-0.15, -0.1) is 0 Å². The lowest BCUT2D eigenvalue weighted by atomic mass is 10.0. The number of rotatable bonds is 8. The van der Waals surface area contributed by atoms with Crippen molar-refractivity contribution in [2.45, 2.75) is 31.2 Å². The first-order valence-electron chi connectivity index (χ1n) is 8.21. The molecule has 26 heavy (non-hydrogen) atoms. The van der Waals surface area contributed by atoms with E-state index in [1.54, 1.807) is 30.3 Å². The van der Waals surface area contributed by atoms with E-state index < -0.39 is 10.0 Å². The van der Waals surface area contributed by atoms with E-state index in [-0.39, 0.29) is 17.4 Å². The zero-order valence-electron chi connectivity index (χ0n) is 15.7. The maximum absolute atomic E-state index is 12.9. The number of hydrogen-bond donors (Lipinski definition) is 1. The Hall–Kier alpha value is -2.25. The highest BCUT2D eigenvalue weighted by Gasteiger charge is 2.22. The third kappa shape index (κ3) is 4.28. The number of benzene rings is 2. The molecule has 7 heteroatoms. The Bertz CT molecular complexity index is 840. The van der Waals surface area contributed by atoms with Gasteiger partial charge >= 0.3 is 0 Å². The summed E-state index contributed by atoms with van der Waals surface area (Å²) >= 11 is 0. The smallest absolute Gasteiger partial charge is 0.244 e. The molecular weight excluding hydrogens is 354 g/mol. The zero-order valence-corrected chi connectivity index (χ0v) is 16.5. The fourth-order valence-electron chi connectivity index (χ4n) is 2.61. The van der Waals surface area contributed by atoms with Gasteiger partial charge in [0.2, 0.25) is 10.0 Å². The van der Waals surface area contributed by atoms with Crippen LogP contribution in [0.3, 0.4) is 0 Å². The molecule has 0 aromatic heterocycles. The van der Waals surface area contributed by atoms with Crippen molar-refractivity contribution in [3.63, 3.8) is 0 Å². The van der Waals surface area contributed by atoms with Gasteiger partial charge in [0, 0.05) is 6.54 Å². The summed E-state index contributed by atoms with van der Waals surface area (Å²) in [4.78, 5) is 0.111. The molecule has 0 amide bonds. The average molecular weight is 379 g/mol. The van der Waals surface area contributed by atoms with Crippen LogP contribution in [0.1, 0.15) is 30.9 Å². The first-order valence-corrected chi connectivity index (χ1v) is 9.69. The molecule has 0 saturated heterocycles. The average Bonchev–Trinajstić information content (AvgIpc) is 2.65. The summed E-state index contributed by atoms with van der Waals surface area (Å²) in [6.45, 7) is 4.04. The maximum atomic E-state index is 12.9. The van der Waals surface area contributed by atoms with Crippen molar-refractivity contribution in [1.29, 1.82) is 0 Å². The summed E-state index contributed by atoms with van der Waals surface area (Å²) in [5.74, 6) is 1.60. The molecule has 0 atom stereocenters. The Morgan fingerprint density at radius 2 is 1.50 bits per heavy atom. The van der Waals surface area contributed by atoms with E-state index in [1.807, 2.05) is 19.9 Å². The molecular formula is C19H25NO5S. The molecule has 6 nitrogen and oxygen atoms in total. The van der Waals surface area contributed by atoms with E-state index in [1.165, 1.54) is 21.3 Å². The summed E-state index contributed by atoms with van der Waals surface area (Å²) in [7, 11) is 0.717. The molecule has 0 saturated carbocycles. The number of sulfonamides is 1. The van der Waals surface area contributed by atoms with Crippen molar-refractivity contribution in [2.75, 3.05) is 21.3 Å². The Labute approximate surface area is 155 Å². The fourth-order valence-corrected chi connectivity index (χ4v) is 3.81. The number of methoxy groups -OCH3 is 3. The molecule has 0 radical (unpaired) electrons. The van der Waals surface area contributed by atoms with Crippen LogP contribution in [-0.4, -0.2) is 29.7 Å². The van der Waals surface area contributed by atoms with E-state index >= 15 is 0 Å². The van der Waals surface area contributed by atoms with Gasteiger partial charge in [-0.1, -0.05) is 26.0 Å². The Morgan fingerprint density at radius 3 is 2.00 bits per heavy atom. The Kier molecular flexibility index (Phi) is 6.50. The molecule has 0 unspecified atom stereocenters. The van der Waals surface area contributed by atoms with E-state index in [2.05, 4.69) is 4.72 Å². The van der Waals surface area contributed by atoms with E-state index in [4.69, 9.17) is 14.2 Å². The molecule has 2 aromatic carbocycles. The second-order valence-electron chi connectivity index (χ2n) is 6.03. The normalized spacial score (nSPS) is 11.5. The fraction of sp³-hybridized carbons (Fsp3) is 0.368. The first kappa shape index (κ1) is 20.1. The molecule has 0 spiro atoms. The van der Waals surface area contributed by atoms with Crippen LogP contribution in [-0.2, 0) is 16.6 Å². The summed E-state index contributed by atoms with van der Waals surface area (Å²) < 4.78 is 44.3. The quantitative estimate of drug-likeness (QED) is 0.762. The van der Waals surface area contributed by atoms with Crippen molar-refractivity contribution in [1.82, 2.24) is 4.72 Å². The minimum Gasteiger partial charge on any atom is -0.496 e. The zero-order chi connectivity index (χ0) is 19.3. The Balaban J connectivity index is 2.37. The minimum absolute atomic E-state index is 0.0323. The lowest BCUT2D eigenvalue weighted by Gasteiger charge is -2.16. The number of ether oxygens (including phenoxy) is 3. The Morgan fingerprint density at radius 1 is 0.923 bits per heavy atom. The molecule has 0 bridgehead atoms. The van der Waals surface area contributed by atoms with Gasteiger partial charge in [0.25, 0.3) is 0 Å². The van der Waals surface area contributed by atoms with Crippen molar-refractivity contribution in [2.24, 2.45) is 0 Å². The third-order valence-corrected chi connectivity index (χ3v) is 5.54. The number of nitrogens with one attached hydrogen (secondary N) is 1. The van der Waals surface area contributed by atoms with Crippen molar-refractivity contribution in [3.05, 3.63) is 47.5 Å². The van der Waals surface area contributed by atoms with Crippen LogP contribution >= 0.6 is 0 Å².